The Labute approximate surface area is 172 Å². The number of hydrogen-bond acceptors (Lipinski definition) is 6. The van der Waals surface area contributed by atoms with Gasteiger partial charge < -0.3 is 15.1 Å². The normalized spacial score (nSPS) is 18.4. The smallest absolute Gasteiger partial charge is 0.218 e. The quantitative estimate of drug-likeness (QED) is 0.649. The minimum Gasteiger partial charge on any atom is -0.347 e. The summed E-state index contributed by atoms with van der Waals surface area (Å²) in [6.07, 6.45) is 12.9. The Kier molecular flexibility index (Phi) is 6.99. The summed E-state index contributed by atoms with van der Waals surface area (Å²) in [5.74, 6) is 0. The molecule has 0 amide bonds. The van der Waals surface area contributed by atoms with E-state index in [1.54, 1.807) is 11.3 Å². The molecule has 0 unspecified atom stereocenters. The summed E-state index contributed by atoms with van der Waals surface area (Å²) in [7, 11) is 2.30. The third kappa shape index (κ3) is 4.93. The third-order valence-corrected chi connectivity index (χ3v) is 7.17. The Balaban J connectivity index is 1.22. The fourth-order valence-corrected chi connectivity index (χ4v) is 5.38. The van der Waals surface area contributed by atoms with E-state index >= 15 is 0 Å². The summed E-state index contributed by atoms with van der Waals surface area (Å²) in [5, 5.41) is 14.5. The van der Waals surface area contributed by atoms with Gasteiger partial charge in [-0.15, -0.1) is 10.2 Å². The van der Waals surface area contributed by atoms with Crippen molar-refractivity contribution in [1.82, 2.24) is 25.0 Å². The van der Waals surface area contributed by atoms with E-state index in [0.29, 0.717) is 0 Å². The molecule has 0 spiro atoms. The van der Waals surface area contributed by atoms with E-state index in [9.17, 15) is 0 Å². The Bertz CT molecular complexity index is 714. The zero-order valence-corrected chi connectivity index (χ0v) is 18.0. The van der Waals surface area contributed by atoms with Crippen molar-refractivity contribution in [3.63, 3.8) is 0 Å². The topological polar surface area (TPSA) is 49.2 Å². The highest BCUT2D eigenvalue weighted by atomic mass is 32.1. The molecule has 1 aliphatic carbocycles. The van der Waals surface area contributed by atoms with Crippen LogP contribution in [0.4, 0.5) is 5.13 Å². The summed E-state index contributed by atoms with van der Waals surface area (Å²) < 4.78 is 2.18. The van der Waals surface area contributed by atoms with Crippen molar-refractivity contribution in [3.8, 4) is 5.13 Å². The van der Waals surface area contributed by atoms with E-state index in [1.807, 2.05) is 0 Å². The fourth-order valence-electron chi connectivity index (χ4n) is 4.46. The van der Waals surface area contributed by atoms with Gasteiger partial charge in [0, 0.05) is 37.6 Å². The molecule has 1 saturated heterocycles. The van der Waals surface area contributed by atoms with Crippen molar-refractivity contribution in [2.75, 3.05) is 38.1 Å². The van der Waals surface area contributed by atoms with Gasteiger partial charge in [-0.3, -0.25) is 4.57 Å². The van der Waals surface area contributed by atoms with E-state index in [1.165, 1.54) is 63.6 Å². The van der Waals surface area contributed by atoms with Gasteiger partial charge in [-0.25, -0.2) is 0 Å². The number of nitrogens with zero attached hydrogens (tertiary/aromatic N) is 5. The van der Waals surface area contributed by atoms with Crippen LogP contribution in [0.2, 0.25) is 0 Å². The lowest BCUT2D eigenvalue weighted by atomic mass is 9.94. The average Bonchev–Trinajstić information content (AvgIpc) is 3.48. The fraction of sp³-hybridized carbons (Fsp3) is 0.714. The van der Waals surface area contributed by atoms with Crippen molar-refractivity contribution < 1.29 is 0 Å². The minimum atomic E-state index is 0.813. The first-order valence-electron chi connectivity index (χ1n) is 11.0. The van der Waals surface area contributed by atoms with Gasteiger partial charge in [0.25, 0.3) is 0 Å². The molecular weight excluding hydrogens is 368 g/mol. The molecule has 1 aliphatic heterocycles. The summed E-state index contributed by atoms with van der Waals surface area (Å²) in [4.78, 5) is 4.93. The van der Waals surface area contributed by atoms with E-state index in [-0.39, 0.29) is 0 Å². The van der Waals surface area contributed by atoms with Crippen LogP contribution in [-0.2, 0) is 6.54 Å². The standard InChI is InChI=1S/C21H34N6S/c1-25(18-9-3-2-4-10-18)13-8-12-22-17-19-11-7-16-27(19)21-24-23-20(28-21)26-14-5-6-15-26/h7,11,16,18,22H,2-6,8-10,12-15,17H2,1H3. The molecule has 2 fully saturated rings. The van der Waals surface area contributed by atoms with Gasteiger partial charge >= 0.3 is 0 Å². The molecule has 0 radical (unpaired) electrons. The van der Waals surface area contributed by atoms with E-state index < -0.39 is 0 Å². The summed E-state index contributed by atoms with van der Waals surface area (Å²) in [6.45, 7) is 5.35. The van der Waals surface area contributed by atoms with Crippen molar-refractivity contribution in [2.24, 2.45) is 0 Å². The van der Waals surface area contributed by atoms with Gasteiger partial charge in [0.1, 0.15) is 0 Å². The first-order chi connectivity index (χ1) is 13.8. The molecular formula is C21H34N6S. The zero-order valence-electron chi connectivity index (χ0n) is 17.1. The van der Waals surface area contributed by atoms with E-state index in [4.69, 9.17) is 0 Å². The largest absolute Gasteiger partial charge is 0.347 e. The Morgan fingerprint density at radius 1 is 1.11 bits per heavy atom. The maximum absolute atomic E-state index is 4.44. The summed E-state index contributed by atoms with van der Waals surface area (Å²) in [5.41, 5.74) is 1.25. The van der Waals surface area contributed by atoms with Crippen LogP contribution in [0.5, 0.6) is 0 Å². The molecule has 4 rings (SSSR count). The van der Waals surface area contributed by atoms with Crippen LogP contribution in [0.25, 0.3) is 5.13 Å². The first kappa shape index (κ1) is 19.9. The molecule has 1 N–H and O–H groups in total. The molecule has 28 heavy (non-hydrogen) atoms. The number of rotatable bonds is 9. The highest BCUT2D eigenvalue weighted by Crippen LogP contribution is 2.27. The molecule has 154 valence electrons. The molecule has 0 bridgehead atoms. The molecule has 7 heteroatoms. The molecule has 6 nitrogen and oxygen atoms in total. The lowest BCUT2D eigenvalue weighted by molar-refractivity contribution is 0.189. The van der Waals surface area contributed by atoms with Crippen LogP contribution in [0, 0.1) is 0 Å². The maximum atomic E-state index is 4.44. The predicted octanol–water partition coefficient (Wildman–Crippen LogP) is 3.67. The summed E-state index contributed by atoms with van der Waals surface area (Å²) in [6, 6.07) is 5.09. The average molecular weight is 403 g/mol. The maximum Gasteiger partial charge on any atom is 0.218 e. The number of aromatic nitrogens is 3. The van der Waals surface area contributed by atoms with Crippen molar-refractivity contribution >= 4 is 16.5 Å². The second kappa shape index (κ2) is 9.85. The second-order valence-electron chi connectivity index (χ2n) is 8.23. The zero-order chi connectivity index (χ0) is 19.2. The summed E-state index contributed by atoms with van der Waals surface area (Å²) >= 11 is 1.70. The van der Waals surface area contributed by atoms with Crippen molar-refractivity contribution in [3.05, 3.63) is 24.0 Å². The van der Waals surface area contributed by atoms with Gasteiger partial charge in [0.2, 0.25) is 10.3 Å². The number of hydrogen-bond donors (Lipinski definition) is 1. The molecule has 0 aromatic carbocycles. The van der Waals surface area contributed by atoms with Gasteiger partial charge in [0.15, 0.2) is 0 Å². The highest BCUT2D eigenvalue weighted by molar-refractivity contribution is 7.17. The molecule has 2 aromatic heterocycles. The second-order valence-corrected chi connectivity index (χ2v) is 9.17. The predicted molar refractivity (Wildman–Crippen MR) is 117 cm³/mol. The number of nitrogens with one attached hydrogen (secondary N) is 1. The van der Waals surface area contributed by atoms with Crippen LogP contribution >= 0.6 is 11.3 Å². The SMILES string of the molecule is CN(CCCNCc1cccn1-c1nnc(N2CCCC2)s1)C1CCCCC1. The molecule has 1 saturated carbocycles. The number of anilines is 1. The van der Waals surface area contributed by atoms with E-state index in [0.717, 1.165) is 42.5 Å². The van der Waals surface area contributed by atoms with Crippen molar-refractivity contribution in [2.45, 2.75) is 64.0 Å². The molecule has 2 aliphatic rings. The molecule has 0 atom stereocenters. The molecule has 2 aromatic rings. The third-order valence-electron chi connectivity index (χ3n) is 6.19. The van der Waals surface area contributed by atoms with Gasteiger partial charge in [-0.05, 0) is 64.4 Å². The monoisotopic (exact) mass is 402 g/mol. The lowest BCUT2D eigenvalue weighted by Gasteiger charge is -2.31. The van der Waals surface area contributed by atoms with Crippen LogP contribution < -0.4 is 10.2 Å². The van der Waals surface area contributed by atoms with Crippen LogP contribution in [-0.4, -0.2) is 58.9 Å². The van der Waals surface area contributed by atoms with Gasteiger partial charge in [-0.1, -0.05) is 30.6 Å². The van der Waals surface area contributed by atoms with Gasteiger partial charge in [0.05, 0.1) is 0 Å². The Hall–Kier alpha value is -1.44. The molecule has 3 heterocycles. The first-order valence-corrected chi connectivity index (χ1v) is 11.8. The van der Waals surface area contributed by atoms with Gasteiger partial charge in [-0.2, -0.15) is 0 Å². The Morgan fingerprint density at radius 2 is 1.89 bits per heavy atom. The van der Waals surface area contributed by atoms with Crippen LogP contribution in [0.1, 0.15) is 57.1 Å². The van der Waals surface area contributed by atoms with E-state index in [2.05, 4.69) is 55.3 Å². The highest BCUT2D eigenvalue weighted by Gasteiger charge is 2.18. The lowest BCUT2D eigenvalue weighted by Crippen LogP contribution is -2.35. The van der Waals surface area contributed by atoms with Crippen molar-refractivity contribution in [1.29, 1.82) is 0 Å². The van der Waals surface area contributed by atoms with Crippen LogP contribution in [0.3, 0.4) is 0 Å². The Morgan fingerprint density at radius 3 is 2.71 bits per heavy atom. The van der Waals surface area contributed by atoms with Crippen LogP contribution in [0.15, 0.2) is 18.3 Å². The minimum absolute atomic E-state index is 0.813.